The van der Waals surface area contributed by atoms with Gasteiger partial charge >= 0.3 is 0 Å². The highest BCUT2D eigenvalue weighted by Gasteiger charge is 2.44. The fraction of sp³-hybridized carbons (Fsp3) is 0.875. The molecule has 19 heavy (non-hydrogen) atoms. The van der Waals surface area contributed by atoms with E-state index in [0.717, 1.165) is 6.92 Å². The van der Waals surface area contributed by atoms with Crippen molar-refractivity contribution in [3.05, 3.63) is 0 Å². The first kappa shape index (κ1) is 16.5. The van der Waals surface area contributed by atoms with Gasteiger partial charge in [0.1, 0.15) is 24.4 Å². The van der Waals surface area contributed by atoms with Crippen LogP contribution >= 0.6 is 7.82 Å². The highest BCUT2D eigenvalue weighted by atomic mass is 31.2. The minimum Gasteiger partial charge on any atom is -0.790 e. The second kappa shape index (κ2) is 6.25. The predicted octanol–water partition coefficient (Wildman–Crippen LogP) is -4.22. The number of aliphatic hydroxyl groups is 3. The van der Waals surface area contributed by atoms with E-state index >= 15 is 0 Å². The lowest BCUT2D eigenvalue weighted by Gasteiger charge is -2.41. The molecule has 11 heteroatoms. The molecule has 0 aliphatic carbocycles. The molecule has 1 aliphatic rings. The lowest BCUT2D eigenvalue weighted by atomic mass is 9.97. The second-order valence-electron chi connectivity index (χ2n) is 4.02. The number of carbonyl (C=O) groups is 1. The summed E-state index contributed by atoms with van der Waals surface area (Å²) in [7, 11) is -5.26. The van der Waals surface area contributed by atoms with Gasteiger partial charge in [0.2, 0.25) is 5.91 Å². The van der Waals surface area contributed by atoms with Crippen molar-refractivity contribution in [3.8, 4) is 0 Å². The summed E-state index contributed by atoms with van der Waals surface area (Å²) in [4.78, 5) is 31.4. The number of phosphoric ester groups is 1. The molecule has 1 rings (SSSR count). The highest BCUT2D eigenvalue weighted by molar-refractivity contribution is 7.43. The van der Waals surface area contributed by atoms with Crippen LogP contribution in [0.3, 0.4) is 0 Å². The lowest BCUT2D eigenvalue weighted by Crippen LogP contribution is -2.64. The van der Waals surface area contributed by atoms with Gasteiger partial charge in [0, 0.05) is 6.92 Å². The zero-order valence-corrected chi connectivity index (χ0v) is 10.7. The molecule has 0 spiro atoms. The van der Waals surface area contributed by atoms with Gasteiger partial charge in [0.25, 0.3) is 0 Å². The number of aliphatic hydroxyl groups excluding tert-OH is 3. The Balaban J connectivity index is 2.66. The summed E-state index contributed by atoms with van der Waals surface area (Å²) < 4.78 is 19.0. The second-order valence-corrected chi connectivity index (χ2v) is 5.17. The third-order valence-corrected chi connectivity index (χ3v) is 2.95. The molecule has 1 unspecified atom stereocenters. The molecule has 0 aromatic heterocycles. The van der Waals surface area contributed by atoms with Crippen LogP contribution in [0, 0.1) is 0 Å². The first-order valence-electron chi connectivity index (χ1n) is 5.25. The molecule has 0 bridgehead atoms. The van der Waals surface area contributed by atoms with E-state index in [2.05, 4.69) is 9.84 Å². The fourth-order valence-corrected chi connectivity index (χ4v) is 1.97. The van der Waals surface area contributed by atoms with Gasteiger partial charge in [-0.15, -0.1) is 0 Å². The van der Waals surface area contributed by atoms with E-state index in [1.54, 1.807) is 0 Å². The van der Waals surface area contributed by atoms with Crippen LogP contribution in [0.5, 0.6) is 0 Å². The number of nitrogens with one attached hydrogen (secondary N) is 1. The summed E-state index contributed by atoms with van der Waals surface area (Å²) in [5.74, 6) is -0.572. The van der Waals surface area contributed by atoms with Crippen molar-refractivity contribution in [2.24, 2.45) is 0 Å². The molecule has 0 radical (unpaired) electrons. The molecule has 1 aliphatic heterocycles. The van der Waals surface area contributed by atoms with Gasteiger partial charge < -0.3 is 44.2 Å². The Kier molecular flexibility index (Phi) is 5.42. The average Bonchev–Trinajstić information content (AvgIpc) is 2.26. The van der Waals surface area contributed by atoms with Crippen LogP contribution in [0.15, 0.2) is 0 Å². The molecule has 1 saturated heterocycles. The SMILES string of the molecule is CC(=O)N[C@H]1C(O)O[C@H](COP(=O)([O-])[O-])[C@H](O)[C@@H]1O. The third kappa shape index (κ3) is 4.79. The number of phosphoric acid groups is 1. The maximum Gasteiger partial charge on any atom is 0.217 e. The number of amides is 1. The van der Waals surface area contributed by atoms with Crippen LogP contribution in [0.4, 0.5) is 0 Å². The average molecular weight is 299 g/mol. The first-order valence-corrected chi connectivity index (χ1v) is 6.71. The topological polar surface area (TPSA) is 171 Å². The molecule has 0 aromatic carbocycles. The van der Waals surface area contributed by atoms with Crippen molar-refractivity contribution < 1.29 is 43.7 Å². The molecule has 10 nitrogen and oxygen atoms in total. The fourth-order valence-electron chi connectivity index (χ4n) is 1.64. The molecule has 0 saturated carbocycles. The van der Waals surface area contributed by atoms with Gasteiger partial charge in [-0.2, -0.15) is 0 Å². The Hall–Kier alpha value is -0.580. The van der Waals surface area contributed by atoms with Gasteiger partial charge in [-0.25, -0.2) is 0 Å². The van der Waals surface area contributed by atoms with Crippen molar-refractivity contribution in [2.45, 2.75) is 37.6 Å². The van der Waals surface area contributed by atoms with E-state index in [0.29, 0.717) is 0 Å². The molecule has 1 amide bonds. The van der Waals surface area contributed by atoms with Gasteiger partial charge in [0.15, 0.2) is 6.29 Å². The minimum absolute atomic E-state index is 0.572. The summed E-state index contributed by atoms with van der Waals surface area (Å²) in [5.41, 5.74) is 0. The molecule has 112 valence electrons. The zero-order chi connectivity index (χ0) is 14.8. The molecule has 0 aromatic rings. The molecular formula is C8H14NO9P-2. The van der Waals surface area contributed by atoms with E-state index in [4.69, 9.17) is 4.74 Å². The van der Waals surface area contributed by atoms with E-state index < -0.39 is 51.0 Å². The molecular weight excluding hydrogens is 285 g/mol. The number of hydrogen-bond donors (Lipinski definition) is 4. The van der Waals surface area contributed by atoms with E-state index in [9.17, 15) is 34.5 Å². The van der Waals surface area contributed by atoms with Crippen LogP contribution in [0.25, 0.3) is 0 Å². The standard InChI is InChI=1S/C8H16NO9P/c1-3(10)9-5-7(12)6(11)4(18-8(5)13)2-17-19(14,15)16/h4-8,11-13H,2H2,1H3,(H,9,10)(H2,14,15,16)/p-2/t4-,5-,6+,7-,8?/m1/s1. The Bertz CT molecular complexity index is 371. The molecule has 5 atom stereocenters. The Morgan fingerprint density at radius 1 is 1.37 bits per heavy atom. The van der Waals surface area contributed by atoms with E-state index in [-0.39, 0.29) is 0 Å². The summed E-state index contributed by atoms with van der Waals surface area (Å²) in [6.07, 6.45) is -6.37. The van der Waals surface area contributed by atoms with Crippen LogP contribution in [0.2, 0.25) is 0 Å². The van der Waals surface area contributed by atoms with E-state index in [1.165, 1.54) is 0 Å². The highest BCUT2D eigenvalue weighted by Crippen LogP contribution is 2.28. The van der Waals surface area contributed by atoms with Crippen LogP contribution in [-0.2, 0) is 18.6 Å². The van der Waals surface area contributed by atoms with Crippen molar-refractivity contribution in [3.63, 3.8) is 0 Å². The lowest BCUT2D eigenvalue weighted by molar-refractivity contribution is -0.345. The minimum atomic E-state index is -5.26. The normalized spacial score (nSPS) is 36.0. The predicted molar refractivity (Wildman–Crippen MR) is 54.1 cm³/mol. The summed E-state index contributed by atoms with van der Waals surface area (Å²) in [5, 5.41) is 31.0. The van der Waals surface area contributed by atoms with Gasteiger partial charge in [-0.3, -0.25) is 4.79 Å². The smallest absolute Gasteiger partial charge is 0.217 e. The summed E-state index contributed by atoms with van der Waals surface area (Å²) >= 11 is 0. The van der Waals surface area contributed by atoms with Crippen LogP contribution < -0.4 is 15.1 Å². The van der Waals surface area contributed by atoms with Crippen LogP contribution in [0.1, 0.15) is 6.92 Å². The maximum atomic E-state index is 10.8. The molecule has 1 heterocycles. The van der Waals surface area contributed by atoms with Crippen molar-refractivity contribution in [1.29, 1.82) is 0 Å². The van der Waals surface area contributed by atoms with Crippen LogP contribution in [-0.4, -0.2) is 58.5 Å². The number of ether oxygens (including phenoxy) is 1. The Morgan fingerprint density at radius 2 is 1.95 bits per heavy atom. The third-order valence-electron chi connectivity index (χ3n) is 2.49. The molecule has 4 N–H and O–H groups in total. The number of hydrogen-bond acceptors (Lipinski definition) is 9. The van der Waals surface area contributed by atoms with Crippen molar-refractivity contribution >= 4 is 13.7 Å². The van der Waals surface area contributed by atoms with Gasteiger partial charge in [-0.05, 0) is 0 Å². The van der Waals surface area contributed by atoms with Gasteiger partial charge in [-0.1, -0.05) is 0 Å². The Morgan fingerprint density at radius 3 is 2.42 bits per heavy atom. The van der Waals surface area contributed by atoms with Gasteiger partial charge in [0.05, 0.1) is 14.4 Å². The zero-order valence-electron chi connectivity index (χ0n) is 9.83. The number of rotatable bonds is 4. The van der Waals surface area contributed by atoms with Crippen molar-refractivity contribution in [2.75, 3.05) is 6.61 Å². The quantitative estimate of drug-likeness (QED) is 0.375. The summed E-state index contributed by atoms with van der Waals surface area (Å²) in [6.45, 7) is 0.276. The first-order chi connectivity index (χ1) is 8.61. The monoisotopic (exact) mass is 299 g/mol. The largest absolute Gasteiger partial charge is 0.790 e. The number of carbonyl (C=O) groups excluding carboxylic acids is 1. The summed E-state index contributed by atoms with van der Waals surface area (Å²) in [6, 6.07) is -1.28. The molecule has 1 fully saturated rings. The van der Waals surface area contributed by atoms with Crippen molar-refractivity contribution in [1.82, 2.24) is 5.32 Å². The maximum absolute atomic E-state index is 10.8. The van der Waals surface area contributed by atoms with E-state index in [1.807, 2.05) is 0 Å². The Labute approximate surface area is 108 Å².